The third-order valence-electron chi connectivity index (χ3n) is 5.77. The molecule has 0 radical (unpaired) electrons. The van der Waals surface area contributed by atoms with Crippen molar-refractivity contribution in [1.82, 2.24) is 14.9 Å². The van der Waals surface area contributed by atoms with Gasteiger partial charge in [0, 0.05) is 25.4 Å². The Hall–Kier alpha value is -3.53. The molecule has 2 aromatic carbocycles. The minimum absolute atomic E-state index is 0.0876. The van der Waals surface area contributed by atoms with Gasteiger partial charge in [0.2, 0.25) is 5.91 Å². The van der Waals surface area contributed by atoms with Crippen LogP contribution < -0.4 is 14.4 Å². The lowest BCUT2D eigenvalue weighted by molar-refractivity contribution is -0.274. The molecule has 2 aliphatic heterocycles. The molecule has 7 nitrogen and oxygen atoms in total. The van der Waals surface area contributed by atoms with Crippen molar-refractivity contribution in [3.8, 4) is 11.5 Å². The number of amides is 1. The van der Waals surface area contributed by atoms with E-state index >= 15 is 0 Å². The lowest BCUT2D eigenvalue weighted by Gasteiger charge is -2.31. The number of H-pyrrole nitrogens is 1. The first-order chi connectivity index (χ1) is 15.9. The summed E-state index contributed by atoms with van der Waals surface area (Å²) in [6.45, 7) is 1.25. The van der Waals surface area contributed by atoms with Crippen LogP contribution in [0.3, 0.4) is 0 Å². The summed E-state index contributed by atoms with van der Waals surface area (Å²) < 4.78 is 47.6. The van der Waals surface area contributed by atoms with Crippen molar-refractivity contribution >= 4 is 11.6 Å². The number of nitrogens with zero attached hydrogens (tertiary/aromatic N) is 3. The van der Waals surface area contributed by atoms with Crippen molar-refractivity contribution in [1.29, 1.82) is 0 Å². The quantitative estimate of drug-likeness (QED) is 0.629. The molecule has 2 aliphatic rings. The number of hydrogen-bond acceptors (Lipinski definition) is 5. The van der Waals surface area contributed by atoms with Crippen LogP contribution in [0.25, 0.3) is 0 Å². The molecule has 2 unspecified atom stereocenters. The first-order valence-electron chi connectivity index (χ1n) is 10.5. The van der Waals surface area contributed by atoms with Crippen molar-refractivity contribution in [2.75, 3.05) is 11.4 Å². The average molecular weight is 458 g/mol. The minimum atomic E-state index is -4.76. The molecule has 3 heterocycles. The van der Waals surface area contributed by atoms with Crippen molar-refractivity contribution in [2.24, 2.45) is 0 Å². The lowest BCUT2D eigenvalue weighted by atomic mass is 10.1. The summed E-state index contributed by atoms with van der Waals surface area (Å²) >= 11 is 0. The molecule has 0 spiro atoms. The predicted molar refractivity (Wildman–Crippen MR) is 113 cm³/mol. The zero-order valence-corrected chi connectivity index (χ0v) is 17.5. The molecule has 2 atom stereocenters. The zero-order chi connectivity index (χ0) is 23.0. The van der Waals surface area contributed by atoms with Crippen molar-refractivity contribution < 1.29 is 27.4 Å². The number of imidazole rings is 1. The Morgan fingerprint density at radius 3 is 2.64 bits per heavy atom. The summed E-state index contributed by atoms with van der Waals surface area (Å²) in [5.74, 6) is 0.968. The van der Waals surface area contributed by atoms with Gasteiger partial charge in [-0.3, -0.25) is 9.69 Å². The van der Waals surface area contributed by atoms with Crippen LogP contribution >= 0.6 is 0 Å². The molecule has 3 aromatic rings. The second kappa shape index (κ2) is 8.43. The van der Waals surface area contributed by atoms with Gasteiger partial charge in [0.25, 0.3) is 0 Å². The van der Waals surface area contributed by atoms with Crippen molar-refractivity contribution in [3.63, 3.8) is 0 Å². The number of carbonyl (C=O) groups excluding carboxylic acids is 1. The van der Waals surface area contributed by atoms with Crippen LogP contribution in [0, 0.1) is 0 Å². The van der Waals surface area contributed by atoms with Gasteiger partial charge in [0.15, 0.2) is 0 Å². The minimum Gasteiger partial charge on any atom is -0.487 e. The Morgan fingerprint density at radius 1 is 1.12 bits per heavy atom. The first kappa shape index (κ1) is 21.3. The molecule has 1 N–H and O–H groups in total. The summed E-state index contributed by atoms with van der Waals surface area (Å²) in [5, 5.41) is 0. The van der Waals surface area contributed by atoms with Gasteiger partial charge >= 0.3 is 6.36 Å². The third kappa shape index (κ3) is 4.65. The van der Waals surface area contributed by atoms with E-state index in [-0.39, 0.29) is 24.3 Å². The van der Waals surface area contributed by atoms with Crippen LogP contribution in [0.4, 0.5) is 18.9 Å². The van der Waals surface area contributed by atoms with Gasteiger partial charge in [-0.05, 0) is 29.8 Å². The van der Waals surface area contributed by atoms with E-state index in [0.717, 1.165) is 5.82 Å². The van der Waals surface area contributed by atoms with Gasteiger partial charge in [-0.1, -0.05) is 24.3 Å². The van der Waals surface area contributed by atoms with Gasteiger partial charge < -0.3 is 19.4 Å². The number of rotatable bonds is 5. The van der Waals surface area contributed by atoms with Crippen LogP contribution in [-0.2, 0) is 17.9 Å². The summed E-state index contributed by atoms with van der Waals surface area (Å²) in [6, 6.07) is 12.4. The highest BCUT2D eigenvalue weighted by Crippen LogP contribution is 2.37. The van der Waals surface area contributed by atoms with Gasteiger partial charge in [-0.2, -0.15) is 0 Å². The summed E-state index contributed by atoms with van der Waals surface area (Å²) in [7, 11) is 0. The number of fused-ring (bicyclic) bond motifs is 3. The molecular weight excluding hydrogens is 437 g/mol. The number of aromatic amines is 1. The van der Waals surface area contributed by atoms with Crippen LogP contribution in [-0.4, -0.2) is 45.8 Å². The number of ether oxygens (including phenoxy) is 2. The Kier molecular flexibility index (Phi) is 5.45. The number of benzene rings is 2. The monoisotopic (exact) mass is 458 g/mol. The highest BCUT2D eigenvalue weighted by atomic mass is 19.4. The molecule has 1 saturated heterocycles. The number of para-hydroxylation sites is 2. The Balaban J connectivity index is 1.43. The van der Waals surface area contributed by atoms with E-state index in [0.29, 0.717) is 36.5 Å². The molecule has 33 heavy (non-hydrogen) atoms. The van der Waals surface area contributed by atoms with Crippen LogP contribution in [0.5, 0.6) is 11.5 Å². The Bertz CT molecular complexity index is 1120. The van der Waals surface area contributed by atoms with E-state index in [1.807, 2.05) is 29.2 Å². The molecule has 1 amide bonds. The van der Waals surface area contributed by atoms with E-state index in [4.69, 9.17) is 4.74 Å². The van der Waals surface area contributed by atoms with E-state index in [1.54, 1.807) is 17.3 Å². The standard InChI is InChI=1S/C23H21F3N4O3/c24-23(25,26)33-16-7-5-15(6-8-16)12-30-18-3-1-2-4-20(18)32-17-11-19(22(30)31)29(13-17)14-21-27-9-10-28-21/h1-10,17,19H,11-14H2,(H,27,28). The predicted octanol–water partition coefficient (Wildman–Crippen LogP) is 3.88. The Morgan fingerprint density at radius 2 is 1.91 bits per heavy atom. The SMILES string of the molecule is O=C1C2CC(CN2Cc2ncc[nH]2)Oc2ccccc2N1Cc1ccc(OC(F)(F)F)cc1. The highest BCUT2D eigenvalue weighted by Gasteiger charge is 2.43. The number of aromatic nitrogens is 2. The van der Waals surface area contributed by atoms with E-state index in [2.05, 4.69) is 14.7 Å². The lowest BCUT2D eigenvalue weighted by Crippen LogP contribution is -2.45. The topological polar surface area (TPSA) is 70.7 Å². The normalized spacial score (nSPS) is 20.7. The summed E-state index contributed by atoms with van der Waals surface area (Å²) in [5.41, 5.74) is 1.30. The van der Waals surface area contributed by atoms with E-state index in [1.165, 1.54) is 24.3 Å². The average Bonchev–Trinajstić information content (AvgIpc) is 3.42. The van der Waals surface area contributed by atoms with Gasteiger partial charge in [0.05, 0.1) is 24.8 Å². The van der Waals surface area contributed by atoms with Crippen LogP contribution in [0.15, 0.2) is 60.9 Å². The third-order valence-corrected chi connectivity index (χ3v) is 5.77. The van der Waals surface area contributed by atoms with Crippen LogP contribution in [0.1, 0.15) is 17.8 Å². The molecular formula is C23H21F3N4O3. The maximum atomic E-state index is 13.7. The van der Waals surface area contributed by atoms with Crippen LogP contribution in [0.2, 0.25) is 0 Å². The van der Waals surface area contributed by atoms with E-state index < -0.39 is 12.4 Å². The van der Waals surface area contributed by atoms with Crippen molar-refractivity contribution in [2.45, 2.75) is 38.0 Å². The molecule has 5 rings (SSSR count). The number of halogens is 3. The number of carbonyl (C=O) groups is 1. The maximum absolute atomic E-state index is 13.7. The number of nitrogens with one attached hydrogen (secondary N) is 1. The highest BCUT2D eigenvalue weighted by molar-refractivity contribution is 5.99. The fraction of sp³-hybridized carbons (Fsp3) is 0.304. The second-order valence-corrected chi connectivity index (χ2v) is 8.04. The van der Waals surface area contributed by atoms with Gasteiger partial charge in [0.1, 0.15) is 23.4 Å². The molecule has 10 heteroatoms. The molecule has 2 bridgehead atoms. The molecule has 0 saturated carbocycles. The molecule has 172 valence electrons. The largest absolute Gasteiger partial charge is 0.573 e. The van der Waals surface area contributed by atoms with Crippen molar-refractivity contribution in [3.05, 3.63) is 72.3 Å². The fourth-order valence-electron chi connectivity index (χ4n) is 4.36. The number of alkyl halides is 3. The smallest absolute Gasteiger partial charge is 0.487 e. The number of anilines is 1. The molecule has 1 aromatic heterocycles. The fourth-order valence-corrected chi connectivity index (χ4v) is 4.36. The Labute approximate surface area is 187 Å². The maximum Gasteiger partial charge on any atom is 0.573 e. The van der Waals surface area contributed by atoms with Gasteiger partial charge in [-0.15, -0.1) is 13.2 Å². The summed E-state index contributed by atoms with van der Waals surface area (Å²) in [6.07, 6.45) is -0.933. The van der Waals surface area contributed by atoms with Gasteiger partial charge in [-0.25, -0.2) is 4.98 Å². The summed E-state index contributed by atoms with van der Waals surface area (Å²) in [4.78, 5) is 24.8. The first-order valence-corrected chi connectivity index (χ1v) is 10.5. The zero-order valence-electron chi connectivity index (χ0n) is 17.5. The number of likely N-dealkylation sites (tertiary alicyclic amines) is 1. The number of hydrogen-bond donors (Lipinski definition) is 1. The van der Waals surface area contributed by atoms with E-state index in [9.17, 15) is 18.0 Å². The second-order valence-electron chi connectivity index (χ2n) is 8.04. The molecule has 1 fully saturated rings. The molecule has 0 aliphatic carbocycles.